The van der Waals surface area contributed by atoms with Crippen molar-refractivity contribution in [1.82, 2.24) is 0 Å². The molecule has 0 aliphatic heterocycles. The quantitative estimate of drug-likeness (QED) is 0.834. The molecule has 1 N–H and O–H groups in total. The number of hydrogen-bond acceptors (Lipinski definition) is 2. The lowest BCUT2D eigenvalue weighted by molar-refractivity contribution is -0.120. The number of carbonyl (C=O) groups excluding carboxylic acids is 2. The molecule has 0 aliphatic carbocycles. The first kappa shape index (κ1) is 17.5. The van der Waals surface area contributed by atoms with Crippen LogP contribution in [0.1, 0.15) is 12.5 Å². The van der Waals surface area contributed by atoms with Crippen LogP contribution in [0, 0.1) is 6.92 Å². The molecule has 0 bridgehead atoms. The van der Waals surface area contributed by atoms with Crippen LogP contribution in [0.2, 0.25) is 5.02 Å². The third-order valence-electron chi connectivity index (χ3n) is 3.24. The van der Waals surface area contributed by atoms with Crippen molar-refractivity contribution in [1.29, 1.82) is 0 Å². The van der Waals surface area contributed by atoms with E-state index < -0.39 is 0 Å². The fraction of sp³-hybridized carbons (Fsp3) is 0.176. The maximum absolute atomic E-state index is 12.2. The molecule has 23 heavy (non-hydrogen) atoms. The van der Waals surface area contributed by atoms with Crippen LogP contribution in [0.15, 0.2) is 46.9 Å². The Morgan fingerprint density at radius 3 is 2.57 bits per heavy atom. The van der Waals surface area contributed by atoms with Crippen molar-refractivity contribution < 1.29 is 9.59 Å². The van der Waals surface area contributed by atoms with Gasteiger partial charge in [0.25, 0.3) is 0 Å². The van der Waals surface area contributed by atoms with E-state index in [9.17, 15) is 9.59 Å². The van der Waals surface area contributed by atoms with Gasteiger partial charge in [-0.25, -0.2) is 0 Å². The number of nitrogens with one attached hydrogen (secondary N) is 1. The molecule has 6 heteroatoms. The van der Waals surface area contributed by atoms with E-state index in [4.69, 9.17) is 11.6 Å². The van der Waals surface area contributed by atoms with Gasteiger partial charge in [0.05, 0.1) is 0 Å². The lowest BCUT2D eigenvalue weighted by Crippen LogP contribution is -2.37. The predicted octanol–water partition coefficient (Wildman–Crippen LogP) is 4.40. The second-order valence-corrected chi connectivity index (χ2v) is 6.45. The highest BCUT2D eigenvalue weighted by atomic mass is 79.9. The molecule has 2 aromatic carbocycles. The molecule has 0 saturated carbocycles. The molecular weight excluding hydrogens is 380 g/mol. The fourth-order valence-corrected chi connectivity index (χ4v) is 2.82. The minimum atomic E-state index is -0.271. The van der Waals surface area contributed by atoms with E-state index in [1.54, 1.807) is 30.3 Å². The largest absolute Gasteiger partial charge is 0.324 e. The van der Waals surface area contributed by atoms with Crippen molar-refractivity contribution in [3.8, 4) is 0 Å². The molecule has 2 aromatic rings. The Morgan fingerprint density at radius 2 is 1.96 bits per heavy atom. The molecule has 0 radical (unpaired) electrons. The zero-order valence-electron chi connectivity index (χ0n) is 12.8. The number of hydrogen-bond donors (Lipinski definition) is 1. The molecule has 0 unspecified atom stereocenters. The topological polar surface area (TPSA) is 49.4 Å². The van der Waals surface area contributed by atoms with E-state index in [1.165, 1.54) is 11.8 Å². The number of amides is 2. The van der Waals surface area contributed by atoms with Gasteiger partial charge in [-0.2, -0.15) is 0 Å². The normalized spacial score (nSPS) is 10.3. The molecule has 2 rings (SSSR count). The Bertz CT molecular complexity index is 749. The molecule has 0 saturated heterocycles. The zero-order valence-corrected chi connectivity index (χ0v) is 15.1. The Labute approximate surface area is 148 Å². The van der Waals surface area contributed by atoms with Gasteiger partial charge in [-0.3, -0.25) is 9.59 Å². The molecular formula is C17H16BrClN2O2. The van der Waals surface area contributed by atoms with Crippen LogP contribution in [0.3, 0.4) is 0 Å². The molecule has 0 aromatic heterocycles. The number of nitrogens with zero attached hydrogens (tertiary/aromatic N) is 1. The lowest BCUT2D eigenvalue weighted by Gasteiger charge is -2.22. The number of aryl methyl sites for hydroxylation is 1. The van der Waals surface area contributed by atoms with Gasteiger partial charge in [-0.1, -0.05) is 33.6 Å². The monoisotopic (exact) mass is 394 g/mol. The number of carbonyl (C=O) groups is 2. The summed E-state index contributed by atoms with van der Waals surface area (Å²) in [7, 11) is 0. The molecule has 4 nitrogen and oxygen atoms in total. The Morgan fingerprint density at radius 1 is 1.22 bits per heavy atom. The highest BCUT2D eigenvalue weighted by Gasteiger charge is 2.17. The smallest absolute Gasteiger partial charge is 0.244 e. The zero-order chi connectivity index (χ0) is 17.0. The highest BCUT2D eigenvalue weighted by molar-refractivity contribution is 9.10. The van der Waals surface area contributed by atoms with Crippen LogP contribution in [0.25, 0.3) is 0 Å². The first-order chi connectivity index (χ1) is 10.9. The predicted molar refractivity (Wildman–Crippen MR) is 97.0 cm³/mol. The van der Waals surface area contributed by atoms with Gasteiger partial charge in [-0.05, 0) is 48.9 Å². The molecule has 0 fully saturated rings. The lowest BCUT2D eigenvalue weighted by atomic mass is 10.1. The van der Waals surface area contributed by atoms with Crippen molar-refractivity contribution in [2.45, 2.75) is 13.8 Å². The molecule has 0 heterocycles. The van der Waals surface area contributed by atoms with Gasteiger partial charge in [0.2, 0.25) is 11.8 Å². The molecule has 0 spiro atoms. The van der Waals surface area contributed by atoms with Crippen LogP contribution in [-0.4, -0.2) is 18.4 Å². The summed E-state index contributed by atoms with van der Waals surface area (Å²) in [6.07, 6.45) is 0. The van der Waals surface area contributed by atoms with Crippen molar-refractivity contribution in [3.05, 3.63) is 57.5 Å². The molecule has 0 atom stereocenters. The fourth-order valence-electron chi connectivity index (χ4n) is 2.20. The molecule has 120 valence electrons. The van der Waals surface area contributed by atoms with Gasteiger partial charge < -0.3 is 10.2 Å². The van der Waals surface area contributed by atoms with Crippen LogP contribution in [0.4, 0.5) is 11.4 Å². The second kappa shape index (κ2) is 7.62. The van der Waals surface area contributed by atoms with Gasteiger partial charge >= 0.3 is 0 Å². The number of rotatable bonds is 4. The summed E-state index contributed by atoms with van der Waals surface area (Å²) in [5, 5.41) is 3.37. The van der Waals surface area contributed by atoms with Crippen LogP contribution in [-0.2, 0) is 9.59 Å². The van der Waals surface area contributed by atoms with Gasteiger partial charge in [0.15, 0.2) is 0 Å². The minimum absolute atomic E-state index is 0.0652. The molecule has 0 aliphatic rings. The van der Waals surface area contributed by atoms with Gasteiger partial charge in [0, 0.05) is 27.8 Å². The Hall–Kier alpha value is -1.85. The SMILES string of the molecule is CC(=O)N(CC(=O)Nc1cccc(Br)c1)c1ccc(Cl)cc1C. The average molecular weight is 396 g/mol. The van der Waals surface area contributed by atoms with E-state index in [2.05, 4.69) is 21.2 Å². The van der Waals surface area contributed by atoms with E-state index in [0.29, 0.717) is 16.4 Å². The third-order valence-corrected chi connectivity index (χ3v) is 3.97. The van der Waals surface area contributed by atoms with Crippen LogP contribution >= 0.6 is 27.5 Å². The summed E-state index contributed by atoms with van der Waals surface area (Å²) in [6, 6.07) is 12.5. The van der Waals surface area contributed by atoms with Crippen molar-refractivity contribution in [2.24, 2.45) is 0 Å². The van der Waals surface area contributed by atoms with Gasteiger partial charge in [-0.15, -0.1) is 0 Å². The third kappa shape index (κ3) is 4.81. The van der Waals surface area contributed by atoms with E-state index >= 15 is 0 Å². The molecule has 2 amide bonds. The van der Waals surface area contributed by atoms with Crippen LogP contribution in [0.5, 0.6) is 0 Å². The Kier molecular flexibility index (Phi) is 5.80. The van der Waals surface area contributed by atoms with E-state index in [1.807, 2.05) is 19.1 Å². The van der Waals surface area contributed by atoms with Crippen molar-refractivity contribution in [2.75, 3.05) is 16.8 Å². The standard InChI is InChI=1S/C17H16BrClN2O2/c1-11-8-14(19)6-7-16(11)21(12(2)22)10-17(23)20-15-5-3-4-13(18)9-15/h3-9H,10H2,1-2H3,(H,20,23). The second-order valence-electron chi connectivity index (χ2n) is 5.09. The summed E-state index contributed by atoms with van der Waals surface area (Å²) in [4.78, 5) is 25.6. The maximum atomic E-state index is 12.2. The summed E-state index contributed by atoms with van der Waals surface area (Å²) < 4.78 is 0.868. The van der Waals surface area contributed by atoms with Crippen molar-refractivity contribution >= 4 is 50.7 Å². The number of halogens is 2. The van der Waals surface area contributed by atoms with Crippen molar-refractivity contribution in [3.63, 3.8) is 0 Å². The van der Waals surface area contributed by atoms with E-state index in [-0.39, 0.29) is 18.4 Å². The first-order valence-corrected chi connectivity index (χ1v) is 8.13. The van der Waals surface area contributed by atoms with E-state index in [0.717, 1.165) is 10.0 Å². The summed E-state index contributed by atoms with van der Waals surface area (Å²) in [6.45, 7) is 3.22. The minimum Gasteiger partial charge on any atom is -0.324 e. The summed E-state index contributed by atoms with van der Waals surface area (Å²) in [5.74, 6) is -0.479. The van der Waals surface area contributed by atoms with Gasteiger partial charge in [0.1, 0.15) is 6.54 Å². The first-order valence-electron chi connectivity index (χ1n) is 6.96. The highest BCUT2D eigenvalue weighted by Crippen LogP contribution is 2.24. The summed E-state index contributed by atoms with van der Waals surface area (Å²) >= 11 is 9.29. The summed E-state index contributed by atoms with van der Waals surface area (Å²) in [5.41, 5.74) is 2.18. The Balaban J connectivity index is 2.16. The number of benzene rings is 2. The average Bonchev–Trinajstić information content (AvgIpc) is 2.45. The van der Waals surface area contributed by atoms with Crippen LogP contribution < -0.4 is 10.2 Å². The number of anilines is 2. The maximum Gasteiger partial charge on any atom is 0.244 e.